The number of piperazine rings is 1. The molecule has 0 spiro atoms. The van der Waals surface area contributed by atoms with Gasteiger partial charge in [-0.3, -0.25) is 14.7 Å². The summed E-state index contributed by atoms with van der Waals surface area (Å²) < 4.78 is 30.3. The lowest BCUT2D eigenvalue weighted by atomic mass is 10.0. The highest BCUT2D eigenvalue weighted by Gasteiger charge is 2.48. The van der Waals surface area contributed by atoms with Crippen LogP contribution in [-0.4, -0.2) is 65.8 Å². The van der Waals surface area contributed by atoms with Crippen molar-refractivity contribution in [2.45, 2.75) is 25.6 Å². The van der Waals surface area contributed by atoms with Gasteiger partial charge in [0.25, 0.3) is 5.91 Å². The van der Waals surface area contributed by atoms with Crippen molar-refractivity contribution in [3.05, 3.63) is 53.7 Å². The zero-order valence-corrected chi connectivity index (χ0v) is 15.4. The van der Waals surface area contributed by atoms with E-state index in [-0.39, 0.29) is 29.5 Å². The number of hydrogen-bond donors (Lipinski definition) is 0. The van der Waals surface area contributed by atoms with Crippen LogP contribution in [0.25, 0.3) is 0 Å². The second-order valence-electron chi connectivity index (χ2n) is 6.93. The van der Waals surface area contributed by atoms with Crippen molar-refractivity contribution in [1.82, 2.24) is 14.8 Å². The minimum atomic E-state index is -3.18. The maximum absolute atomic E-state index is 12.9. The minimum Gasteiger partial charge on any atom is -0.465 e. The zero-order chi connectivity index (χ0) is 18.3. The van der Waals surface area contributed by atoms with E-state index in [0.717, 1.165) is 11.5 Å². The summed E-state index contributed by atoms with van der Waals surface area (Å²) in [5.74, 6) is 1.62. The first-order chi connectivity index (χ1) is 12.4. The van der Waals surface area contributed by atoms with Gasteiger partial charge < -0.3 is 9.32 Å². The van der Waals surface area contributed by atoms with Crippen molar-refractivity contribution in [2.24, 2.45) is 0 Å². The quantitative estimate of drug-likeness (QED) is 0.799. The van der Waals surface area contributed by atoms with Gasteiger partial charge in [0.1, 0.15) is 11.5 Å². The molecule has 0 aromatic carbocycles. The number of nitrogens with zero attached hydrogens (tertiary/aromatic N) is 3. The molecule has 2 fully saturated rings. The summed E-state index contributed by atoms with van der Waals surface area (Å²) in [4.78, 5) is 20.7. The molecule has 8 heteroatoms. The Morgan fingerprint density at radius 1 is 1.15 bits per heavy atom. The molecule has 2 aliphatic rings. The van der Waals surface area contributed by atoms with Crippen molar-refractivity contribution < 1.29 is 17.6 Å². The highest BCUT2D eigenvalue weighted by Crippen LogP contribution is 2.29. The van der Waals surface area contributed by atoms with Crippen LogP contribution in [0.2, 0.25) is 0 Å². The molecule has 2 saturated heterocycles. The molecule has 0 bridgehead atoms. The summed E-state index contributed by atoms with van der Waals surface area (Å²) in [6, 6.07) is 6.62. The second kappa shape index (κ2) is 6.51. The van der Waals surface area contributed by atoms with Gasteiger partial charge in [0.15, 0.2) is 9.84 Å². The molecule has 2 aliphatic heterocycles. The molecule has 138 valence electrons. The van der Waals surface area contributed by atoms with Crippen molar-refractivity contribution in [2.75, 3.05) is 24.6 Å². The Labute approximate surface area is 152 Å². The van der Waals surface area contributed by atoms with Gasteiger partial charge >= 0.3 is 0 Å². The van der Waals surface area contributed by atoms with E-state index in [1.165, 1.54) is 0 Å². The number of amides is 1. The Kier molecular flexibility index (Phi) is 4.32. The van der Waals surface area contributed by atoms with E-state index in [1.807, 2.05) is 19.1 Å². The fourth-order valence-corrected chi connectivity index (χ4v) is 5.92. The largest absolute Gasteiger partial charge is 0.465 e. The molecule has 1 amide bonds. The van der Waals surface area contributed by atoms with Crippen molar-refractivity contribution >= 4 is 15.7 Å². The Balaban J connectivity index is 1.58. The summed E-state index contributed by atoms with van der Waals surface area (Å²) in [6.07, 6.45) is 3.15. The summed E-state index contributed by atoms with van der Waals surface area (Å²) in [5.41, 5.74) is 0.540. The number of furan rings is 1. The molecule has 0 N–H and O–H groups in total. The van der Waals surface area contributed by atoms with Crippen molar-refractivity contribution in [1.29, 1.82) is 0 Å². The van der Waals surface area contributed by atoms with Gasteiger partial charge in [0.2, 0.25) is 0 Å². The van der Waals surface area contributed by atoms with E-state index >= 15 is 0 Å². The maximum atomic E-state index is 12.9. The number of carbonyl (C=O) groups excluding carboxylic acids is 1. The fraction of sp³-hybridized carbons (Fsp3) is 0.444. The SMILES string of the molecule is Cc1ccc(CN2CCN(C(=O)c3ccncc3)C3CS(=O)(=O)CC32)o1. The highest BCUT2D eigenvalue weighted by molar-refractivity contribution is 7.91. The average Bonchev–Trinajstić information content (AvgIpc) is 3.17. The van der Waals surface area contributed by atoms with Crippen LogP contribution in [0.4, 0.5) is 0 Å². The smallest absolute Gasteiger partial charge is 0.254 e. The van der Waals surface area contributed by atoms with Gasteiger partial charge in [-0.05, 0) is 31.2 Å². The number of hydrogen-bond acceptors (Lipinski definition) is 6. The molecule has 2 atom stereocenters. The van der Waals surface area contributed by atoms with Crippen LogP contribution in [0, 0.1) is 6.92 Å². The van der Waals surface area contributed by atoms with Crippen LogP contribution in [0.5, 0.6) is 0 Å². The number of carbonyl (C=O) groups is 1. The lowest BCUT2D eigenvalue weighted by molar-refractivity contribution is 0.0285. The molecule has 26 heavy (non-hydrogen) atoms. The van der Waals surface area contributed by atoms with Crippen LogP contribution < -0.4 is 0 Å². The first kappa shape index (κ1) is 17.2. The van der Waals surface area contributed by atoms with Gasteiger partial charge in [-0.15, -0.1) is 0 Å². The number of aryl methyl sites for hydroxylation is 1. The molecule has 0 saturated carbocycles. The maximum Gasteiger partial charge on any atom is 0.254 e. The monoisotopic (exact) mass is 375 g/mol. The minimum absolute atomic E-state index is 0.0160. The Bertz CT molecular complexity index is 910. The van der Waals surface area contributed by atoms with Gasteiger partial charge in [-0.25, -0.2) is 8.42 Å². The molecule has 4 heterocycles. The van der Waals surface area contributed by atoms with E-state index < -0.39 is 9.84 Å². The summed E-state index contributed by atoms with van der Waals surface area (Å²) in [5, 5.41) is 0. The summed E-state index contributed by atoms with van der Waals surface area (Å²) in [6.45, 7) is 3.56. The molecular formula is C18H21N3O4S. The van der Waals surface area contributed by atoms with E-state index in [1.54, 1.807) is 29.4 Å². The first-order valence-electron chi connectivity index (χ1n) is 8.64. The predicted octanol–water partition coefficient (Wildman–Crippen LogP) is 1.11. The molecule has 2 aromatic rings. The van der Waals surface area contributed by atoms with Crippen LogP contribution in [0.15, 0.2) is 41.1 Å². The summed E-state index contributed by atoms with van der Waals surface area (Å²) in [7, 11) is -3.18. The highest BCUT2D eigenvalue weighted by atomic mass is 32.2. The molecule has 0 aliphatic carbocycles. The van der Waals surface area contributed by atoms with Crippen LogP contribution in [0.3, 0.4) is 0 Å². The van der Waals surface area contributed by atoms with Crippen LogP contribution in [0.1, 0.15) is 21.9 Å². The van der Waals surface area contributed by atoms with Gasteiger partial charge in [0.05, 0.1) is 24.1 Å². The zero-order valence-electron chi connectivity index (χ0n) is 14.5. The molecular weight excluding hydrogens is 354 g/mol. The lowest BCUT2D eigenvalue weighted by Crippen LogP contribution is -2.60. The van der Waals surface area contributed by atoms with E-state index in [9.17, 15) is 13.2 Å². The number of aromatic nitrogens is 1. The third-order valence-corrected chi connectivity index (χ3v) is 6.83. The Hall–Kier alpha value is -2.19. The van der Waals surface area contributed by atoms with Crippen molar-refractivity contribution in [3.63, 3.8) is 0 Å². The van der Waals surface area contributed by atoms with Crippen molar-refractivity contribution in [3.8, 4) is 0 Å². The van der Waals surface area contributed by atoms with Gasteiger partial charge in [-0.2, -0.15) is 0 Å². The number of rotatable bonds is 3. The van der Waals surface area contributed by atoms with Gasteiger partial charge in [-0.1, -0.05) is 0 Å². The number of sulfone groups is 1. The van der Waals surface area contributed by atoms with Gasteiger partial charge in [0, 0.05) is 37.1 Å². The Morgan fingerprint density at radius 2 is 1.88 bits per heavy atom. The number of fused-ring (bicyclic) bond motifs is 1. The molecule has 0 radical (unpaired) electrons. The normalized spacial score (nSPS) is 25.2. The topological polar surface area (TPSA) is 83.7 Å². The first-order valence-corrected chi connectivity index (χ1v) is 10.5. The van der Waals surface area contributed by atoms with Crippen LogP contribution >= 0.6 is 0 Å². The lowest BCUT2D eigenvalue weighted by Gasteiger charge is -2.43. The van der Waals surface area contributed by atoms with E-state index in [4.69, 9.17) is 4.42 Å². The Morgan fingerprint density at radius 3 is 2.58 bits per heavy atom. The van der Waals surface area contributed by atoms with E-state index in [2.05, 4.69) is 9.88 Å². The molecule has 7 nitrogen and oxygen atoms in total. The third kappa shape index (κ3) is 3.26. The molecule has 4 rings (SSSR count). The third-order valence-electron chi connectivity index (χ3n) is 5.13. The van der Waals surface area contributed by atoms with E-state index in [0.29, 0.717) is 25.2 Å². The average molecular weight is 375 g/mol. The standard InChI is InChI=1S/C18H21N3O4S/c1-13-2-3-15(25-13)10-20-8-9-21(17-12-26(23,24)11-16(17)20)18(22)14-4-6-19-7-5-14/h2-7,16-17H,8-12H2,1H3. The summed E-state index contributed by atoms with van der Waals surface area (Å²) >= 11 is 0. The van der Waals surface area contributed by atoms with Crippen LogP contribution in [-0.2, 0) is 16.4 Å². The fourth-order valence-electron chi connectivity index (χ4n) is 3.90. The molecule has 2 unspecified atom stereocenters. The number of pyridine rings is 1. The second-order valence-corrected chi connectivity index (χ2v) is 9.08. The molecule has 2 aromatic heterocycles. The predicted molar refractivity (Wildman–Crippen MR) is 95.4 cm³/mol.